The van der Waals surface area contributed by atoms with E-state index in [2.05, 4.69) is 55.4 Å². The molecule has 17 nitrogen and oxygen atoms in total. The van der Waals surface area contributed by atoms with Crippen molar-refractivity contribution in [3.63, 3.8) is 0 Å². The number of carbonyl (C=O) groups excluding carboxylic acids is 4. The molecule has 0 aliphatic rings. The Morgan fingerprint density at radius 3 is 0.676 bits per heavy atom. The van der Waals surface area contributed by atoms with Crippen molar-refractivity contribution in [2.45, 2.75) is 465 Å². The maximum Gasteiger partial charge on any atom is 0.472 e. The first kappa shape index (κ1) is 103. The minimum absolute atomic E-state index is 0.107. The molecule has 624 valence electrons. The molecule has 0 aromatic rings. The Bertz CT molecular complexity index is 2050. The fraction of sp³-hybridized carbons (Fsp3) is 0.953. The topological polar surface area (TPSA) is 237 Å². The predicted molar refractivity (Wildman–Crippen MR) is 432 cm³/mol. The van der Waals surface area contributed by atoms with Gasteiger partial charge in [-0.15, -0.1) is 0 Å². The molecule has 0 saturated carbocycles. The number of rotatable bonds is 83. The highest BCUT2D eigenvalue weighted by Crippen LogP contribution is 2.45. The van der Waals surface area contributed by atoms with Crippen molar-refractivity contribution in [3.8, 4) is 0 Å². The highest BCUT2D eigenvalue weighted by Gasteiger charge is 2.31. The van der Waals surface area contributed by atoms with Crippen LogP contribution in [0.4, 0.5) is 0 Å². The first-order chi connectivity index (χ1) is 50.7. The van der Waals surface area contributed by atoms with Gasteiger partial charge in [0.1, 0.15) is 19.3 Å². The van der Waals surface area contributed by atoms with Gasteiger partial charge >= 0.3 is 39.5 Å². The first-order valence-corrected chi connectivity index (χ1v) is 47.3. The highest BCUT2D eigenvalue weighted by atomic mass is 31.2. The number of unbranched alkanes of at least 4 members (excludes halogenated alkanes) is 46. The summed E-state index contributed by atoms with van der Waals surface area (Å²) in [6, 6.07) is 0. The molecule has 0 aliphatic carbocycles. The minimum Gasteiger partial charge on any atom is -0.462 e. The number of aliphatic hydroxyl groups is 1. The van der Waals surface area contributed by atoms with Gasteiger partial charge in [-0.2, -0.15) is 0 Å². The van der Waals surface area contributed by atoms with Crippen molar-refractivity contribution < 1.29 is 80.2 Å². The summed E-state index contributed by atoms with van der Waals surface area (Å²) in [5.74, 6) is 1.09. The Morgan fingerprint density at radius 1 is 0.267 bits per heavy atom. The fourth-order valence-electron chi connectivity index (χ4n) is 13.2. The third-order valence-corrected chi connectivity index (χ3v) is 23.1. The van der Waals surface area contributed by atoms with E-state index in [0.717, 1.165) is 120 Å². The molecule has 0 saturated heterocycles. The van der Waals surface area contributed by atoms with Crippen LogP contribution in [0.25, 0.3) is 0 Å². The van der Waals surface area contributed by atoms with Gasteiger partial charge in [0.25, 0.3) is 0 Å². The van der Waals surface area contributed by atoms with E-state index in [4.69, 9.17) is 37.0 Å². The lowest BCUT2D eigenvalue weighted by Crippen LogP contribution is -2.30. The average molecular weight is 1540 g/mol. The van der Waals surface area contributed by atoms with E-state index in [9.17, 15) is 43.2 Å². The van der Waals surface area contributed by atoms with Crippen molar-refractivity contribution >= 4 is 39.5 Å². The van der Waals surface area contributed by atoms with Crippen LogP contribution >= 0.6 is 15.6 Å². The van der Waals surface area contributed by atoms with Crippen LogP contribution in [-0.4, -0.2) is 96.7 Å². The summed E-state index contributed by atoms with van der Waals surface area (Å²) in [6.45, 7) is 14.3. The number of esters is 4. The second-order valence-electron chi connectivity index (χ2n) is 32.1. The van der Waals surface area contributed by atoms with Crippen LogP contribution in [0, 0.1) is 23.7 Å². The van der Waals surface area contributed by atoms with Crippen LogP contribution in [0.3, 0.4) is 0 Å². The van der Waals surface area contributed by atoms with Gasteiger partial charge < -0.3 is 33.8 Å². The molecule has 0 amide bonds. The zero-order valence-corrected chi connectivity index (χ0v) is 71.2. The molecule has 0 aromatic heterocycles. The molecule has 0 bridgehead atoms. The van der Waals surface area contributed by atoms with Gasteiger partial charge in [-0.3, -0.25) is 37.3 Å². The molecule has 0 spiro atoms. The van der Waals surface area contributed by atoms with E-state index in [1.165, 1.54) is 244 Å². The summed E-state index contributed by atoms with van der Waals surface area (Å²) < 4.78 is 68.8. The Labute approximate surface area is 645 Å². The third kappa shape index (κ3) is 75.9. The molecule has 0 rings (SSSR count). The van der Waals surface area contributed by atoms with Gasteiger partial charge in [0, 0.05) is 25.7 Å². The third-order valence-electron chi connectivity index (χ3n) is 21.2. The van der Waals surface area contributed by atoms with E-state index in [-0.39, 0.29) is 25.7 Å². The largest absolute Gasteiger partial charge is 0.472 e. The van der Waals surface area contributed by atoms with Crippen LogP contribution in [0.5, 0.6) is 0 Å². The molecular weight excluding hydrogens is 1370 g/mol. The Kier molecular flexibility index (Phi) is 73.4. The summed E-state index contributed by atoms with van der Waals surface area (Å²) in [7, 11) is -9.93. The second-order valence-corrected chi connectivity index (χ2v) is 35.0. The molecule has 0 heterocycles. The van der Waals surface area contributed by atoms with E-state index >= 15 is 0 Å². The second kappa shape index (κ2) is 74.8. The van der Waals surface area contributed by atoms with Crippen LogP contribution < -0.4 is 0 Å². The summed E-state index contributed by atoms with van der Waals surface area (Å²) in [5, 5.41) is 10.7. The highest BCUT2D eigenvalue weighted by molar-refractivity contribution is 7.47. The van der Waals surface area contributed by atoms with Crippen molar-refractivity contribution in [2.24, 2.45) is 23.7 Å². The van der Waals surface area contributed by atoms with Gasteiger partial charge in [-0.25, -0.2) is 9.13 Å². The average Bonchev–Trinajstić information content (AvgIpc) is 0.945. The zero-order valence-electron chi connectivity index (χ0n) is 69.4. The van der Waals surface area contributed by atoms with E-state index in [1.54, 1.807) is 0 Å². The lowest BCUT2D eigenvalue weighted by molar-refractivity contribution is -0.161. The number of aliphatic hydroxyl groups excluding tert-OH is 1. The molecule has 8 atom stereocenters. The van der Waals surface area contributed by atoms with Crippen molar-refractivity contribution in [1.29, 1.82) is 0 Å². The zero-order chi connectivity index (χ0) is 77.4. The molecule has 0 aromatic carbocycles. The maximum absolute atomic E-state index is 13.1. The van der Waals surface area contributed by atoms with E-state index < -0.39 is 97.5 Å². The summed E-state index contributed by atoms with van der Waals surface area (Å²) in [5.41, 5.74) is 0. The summed E-state index contributed by atoms with van der Waals surface area (Å²) in [6.07, 6.45) is 64.0. The molecule has 0 radical (unpaired) electrons. The van der Waals surface area contributed by atoms with E-state index in [0.29, 0.717) is 25.7 Å². The van der Waals surface area contributed by atoms with Crippen molar-refractivity contribution in [2.75, 3.05) is 39.6 Å². The van der Waals surface area contributed by atoms with Gasteiger partial charge in [-0.1, -0.05) is 396 Å². The van der Waals surface area contributed by atoms with Crippen LogP contribution in [0.1, 0.15) is 447 Å². The van der Waals surface area contributed by atoms with Gasteiger partial charge in [0.15, 0.2) is 12.2 Å². The number of phosphoric acid groups is 2. The normalized spacial score (nSPS) is 14.7. The lowest BCUT2D eigenvalue weighted by atomic mass is 9.99. The molecule has 3 N–H and O–H groups in total. The minimum atomic E-state index is -4.96. The Balaban J connectivity index is 5.17. The van der Waals surface area contributed by atoms with Gasteiger partial charge in [-0.05, 0) is 49.4 Å². The summed E-state index contributed by atoms with van der Waals surface area (Å²) in [4.78, 5) is 73.2. The quantitative estimate of drug-likeness (QED) is 0.0222. The van der Waals surface area contributed by atoms with Crippen molar-refractivity contribution in [1.82, 2.24) is 0 Å². The number of carbonyl (C=O) groups is 4. The Hall–Kier alpha value is -1.94. The first-order valence-electron chi connectivity index (χ1n) is 44.3. The smallest absolute Gasteiger partial charge is 0.462 e. The van der Waals surface area contributed by atoms with Gasteiger partial charge in [0.2, 0.25) is 0 Å². The number of hydrogen-bond donors (Lipinski definition) is 3. The molecular formula is C86H168O17P2. The summed E-state index contributed by atoms with van der Waals surface area (Å²) >= 11 is 0. The maximum atomic E-state index is 13.1. The van der Waals surface area contributed by atoms with Crippen LogP contribution in [0.2, 0.25) is 0 Å². The van der Waals surface area contributed by atoms with E-state index in [1.807, 2.05) is 0 Å². The molecule has 19 heteroatoms. The number of ether oxygens (including phenoxy) is 4. The standard InChI is InChI=1S/C86H168O17P2/c1-9-77(6)63-55-47-39-33-29-25-21-17-13-15-19-23-27-31-35-43-52-60-68-85(90)102-81(72-96-83(88)66-58-50-41-37-36-40-48-56-64-78(7)10-2)74-100-104(92,93)98-70-80(87)71-99-105(94,95)101-75-82(73-97-84(89)67-59-51-45-44-49-57-65-79(8)11-3)103-86(91)69-61-53-42-34-30-26-22-18-14-12-16-20-24-28-32-38-46-54-62-76(4)5/h76-82,87H,9-75H2,1-8H3,(H,92,93)(H,94,95)/t77?,78?,79?,80-,81-,82-/m1/s1. The molecule has 0 aliphatic heterocycles. The monoisotopic (exact) mass is 1540 g/mol. The van der Waals surface area contributed by atoms with Crippen LogP contribution in [0.15, 0.2) is 0 Å². The van der Waals surface area contributed by atoms with Gasteiger partial charge in [0.05, 0.1) is 26.4 Å². The van der Waals surface area contributed by atoms with Crippen molar-refractivity contribution in [3.05, 3.63) is 0 Å². The molecule has 5 unspecified atom stereocenters. The molecule has 105 heavy (non-hydrogen) atoms. The molecule has 0 fully saturated rings. The number of phosphoric ester groups is 2. The van der Waals surface area contributed by atoms with Crippen LogP contribution in [-0.2, 0) is 65.4 Å². The fourth-order valence-corrected chi connectivity index (χ4v) is 14.8. The SMILES string of the molecule is CCC(C)CCCCCCCCCCCCCCCCCCCCC(=O)O[C@H](COC(=O)CCCCCCCCCCC(C)CC)COP(=O)(O)OC[C@@H](O)COP(=O)(O)OC[C@@H](COC(=O)CCCCCCCCC(C)CC)OC(=O)CCCCCCCCCCCCCCCCCCCCC(C)C. The number of hydrogen-bond acceptors (Lipinski definition) is 15. The Morgan fingerprint density at radius 2 is 0.457 bits per heavy atom. The lowest BCUT2D eigenvalue weighted by Gasteiger charge is -2.21. The predicted octanol–water partition coefficient (Wildman–Crippen LogP) is 25.9.